The largest absolute Gasteiger partial charge is 0.359 e. The summed E-state index contributed by atoms with van der Waals surface area (Å²) in [7, 11) is 0. The van der Waals surface area contributed by atoms with Crippen LogP contribution in [-0.2, 0) is 0 Å². The van der Waals surface area contributed by atoms with Gasteiger partial charge in [0.05, 0.1) is 11.2 Å². The predicted molar refractivity (Wildman–Crippen MR) is 85.3 cm³/mol. The standard InChI is InChI=1S/C15H10BrFN4/c16-8-4-5-11-9(6-8)13(7-18-11)20-15-19-12-3-1-2-10(17)14(12)21-15/h1-7,18H,(H2,19,20,21). The second-order valence-electron chi connectivity index (χ2n) is 4.74. The number of aromatic amines is 2. The van der Waals surface area contributed by atoms with Crippen molar-refractivity contribution in [2.75, 3.05) is 5.32 Å². The lowest BCUT2D eigenvalue weighted by atomic mass is 10.2. The number of aromatic nitrogens is 3. The van der Waals surface area contributed by atoms with Crippen LogP contribution in [-0.4, -0.2) is 15.0 Å². The SMILES string of the molecule is Fc1cccc2[nH]c(Nc3c[nH]c4ccc(Br)cc34)nc12. The van der Waals surface area contributed by atoms with Gasteiger partial charge in [0.15, 0.2) is 5.82 Å². The summed E-state index contributed by atoms with van der Waals surface area (Å²) < 4.78 is 14.7. The Bertz CT molecular complexity index is 957. The van der Waals surface area contributed by atoms with Crippen molar-refractivity contribution in [3.8, 4) is 0 Å². The first-order chi connectivity index (χ1) is 10.2. The molecule has 0 amide bonds. The van der Waals surface area contributed by atoms with Crippen LogP contribution in [0.1, 0.15) is 0 Å². The highest BCUT2D eigenvalue weighted by Crippen LogP contribution is 2.29. The van der Waals surface area contributed by atoms with E-state index < -0.39 is 0 Å². The maximum Gasteiger partial charge on any atom is 0.205 e. The quantitative estimate of drug-likeness (QED) is 0.494. The first-order valence-corrected chi connectivity index (χ1v) is 7.18. The van der Waals surface area contributed by atoms with Crippen LogP contribution in [0.2, 0.25) is 0 Å². The number of H-pyrrole nitrogens is 2. The first kappa shape index (κ1) is 12.4. The van der Waals surface area contributed by atoms with E-state index in [2.05, 4.69) is 36.2 Å². The van der Waals surface area contributed by atoms with Crippen molar-refractivity contribution in [2.45, 2.75) is 0 Å². The van der Waals surface area contributed by atoms with E-state index in [1.807, 2.05) is 24.4 Å². The molecule has 0 saturated carbocycles. The van der Waals surface area contributed by atoms with Gasteiger partial charge < -0.3 is 15.3 Å². The Balaban J connectivity index is 1.79. The molecule has 2 aromatic carbocycles. The normalized spacial score (nSPS) is 11.3. The number of nitrogens with zero attached hydrogens (tertiary/aromatic N) is 1. The molecule has 0 aliphatic rings. The maximum absolute atomic E-state index is 13.7. The van der Waals surface area contributed by atoms with Gasteiger partial charge in [-0.2, -0.15) is 0 Å². The molecule has 21 heavy (non-hydrogen) atoms. The van der Waals surface area contributed by atoms with Gasteiger partial charge in [0.25, 0.3) is 0 Å². The van der Waals surface area contributed by atoms with Gasteiger partial charge in [-0.05, 0) is 30.3 Å². The molecule has 0 atom stereocenters. The molecular weight excluding hydrogens is 335 g/mol. The topological polar surface area (TPSA) is 56.5 Å². The van der Waals surface area contributed by atoms with E-state index in [9.17, 15) is 4.39 Å². The van der Waals surface area contributed by atoms with Crippen LogP contribution in [0.5, 0.6) is 0 Å². The average Bonchev–Trinajstić information content (AvgIpc) is 3.04. The van der Waals surface area contributed by atoms with Crippen LogP contribution in [0.3, 0.4) is 0 Å². The van der Waals surface area contributed by atoms with Crippen molar-refractivity contribution < 1.29 is 4.39 Å². The van der Waals surface area contributed by atoms with E-state index >= 15 is 0 Å². The highest BCUT2D eigenvalue weighted by atomic mass is 79.9. The van der Waals surface area contributed by atoms with E-state index in [0.29, 0.717) is 17.0 Å². The van der Waals surface area contributed by atoms with Crippen molar-refractivity contribution >= 4 is 49.5 Å². The van der Waals surface area contributed by atoms with Gasteiger partial charge in [-0.1, -0.05) is 22.0 Å². The zero-order valence-corrected chi connectivity index (χ0v) is 12.3. The molecule has 0 unspecified atom stereocenters. The zero-order valence-electron chi connectivity index (χ0n) is 10.7. The number of fused-ring (bicyclic) bond motifs is 2. The Morgan fingerprint density at radius 3 is 2.90 bits per heavy atom. The molecule has 0 saturated heterocycles. The lowest BCUT2D eigenvalue weighted by molar-refractivity contribution is 0.637. The first-order valence-electron chi connectivity index (χ1n) is 6.38. The highest BCUT2D eigenvalue weighted by Gasteiger charge is 2.09. The van der Waals surface area contributed by atoms with Crippen LogP contribution in [0.4, 0.5) is 16.0 Å². The van der Waals surface area contributed by atoms with Gasteiger partial charge in [-0.15, -0.1) is 0 Å². The van der Waals surface area contributed by atoms with E-state index in [0.717, 1.165) is 21.1 Å². The second-order valence-corrected chi connectivity index (χ2v) is 5.65. The summed E-state index contributed by atoms with van der Waals surface area (Å²) in [6.45, 7) is 0. The molecular formula is C15H10BrFN4. The van der Waals surface area contributed by atoms with Crippen LogP contribution in [0.25, 0.3) is 21.9 Å². The molecule has 0 spiro atoms. The zero-order chi connectivity index (χ0) is 14.4. The molecule has 0 aliphatic carbocycles. The fourth-order valence-electron chi connectivity index (χ4n) is 2.38. The molecule has 2 heterocycles. The van der Waals surface area contributed by atoms with Crippen LogP contribution in [0.15, 0.2) is 47.1 Å². The fraction of sp³-hybridized carbons (Fsp3) is 0. The highest BCUT2D eigenvalue weighted by molar-refractivity contribution is 9.10. The monoisotopic (exact) mass is 344 g/mol. The molecule has 3 N–H and O–H groups in total. The van der Waals surface area contributed by atoms with Crippen molar-refractivity contribution in [3.63, 3.8) is 0 Å². The molecule has 104 valence electrons. The number of rotatable bonds is 2. The number of halogens is 2. The lowest BCUT2D eigenvalue weighted by Crippen LogP contribution is -1.90. The van der Waals surface area contributed by atoms with Crippen molar-refractivity contribution in [2.24, 2.45) is 0 Å². The third-order valence-corrected chi connectivity index (χ3v) is 3.85. The smallest absolute Gasteiger partial charge is 0.205 e. The lowest BCUT2D eigenvalue weighted by Gasteiger charge is -2.00. The third-order valence-electron chi connectivity index (χ3n) is 3.36. The van der Waals surface area contributed by atoms with Gasteiger partial charge in [-0.3, -0.25) is 0 Å². The summed E-state index contributed by atoms with van der Waals surface area (Å²) in [6.07, 6.45) is 1.86. The van der Waals surface area contributed by atoms with Crippen molar-refractivity contribution in [1.29, 1.82) is 0 Å². The number of nitrogens with one attached hydrogen (secondary N) is 3. The molecule has 2 aromatic heterocycles. The summed E-state index contributed by atoms with van der Waals surface area (Å²) in [5.41, 5.74) is 2.90. The Hall–Kier alpha value is -2.34. The van der Waals surface area contributed by atoms with E-state index in [-0.39, 0.29) is 5.82 Å². The van der Waals surface area contributed by atoms with Gasteiger partial charge in [0.1, 0.15) is 5.52 Å². The Morgan fingerprint density at radius 1 is 1.14 bits per heavy atom. The fourth-order valence-corrected chi connectivity index (χ4v) is 2.74. The molecule has 4 nitrogen and oxygen atoms in total. The molecule has 4 rings (SSSR count). The number of hydrogen-bond donors (Lipinski definition) is 3. The van der Waals surface area contributed by atoms with Crippen LogP contribution < -0.4 is 5.32 Å². The van der Waals surface area contributed by atoms with Crippen molar-refractivity contribution in [1.82, 2.24) is 15.0 Å². The molecule has 0 fully saturated rings. The van der Waals surface area contributed by atoms with Crippen LogP contribution >= 0.6 is 15.9 Å². The summed E-state index contributed by atoms with van der Waals surface area (Å²) in [5, 5.41) is 4.22. The molecule has 0 aliphatic heterocycles. The van der Waals surface area contributed by atoms with E-state index in [1.165, 1.54) is 6.07 Å². The van der Waals surface area contributed by atoms with Crippen molar-refractivity contribution in [3.05, 3.63) is 52.9 Å². The van der Waals surface area contributed by atoms with E-state index in [4.69, 9.17) is 0 Å². The van der Waals surface area contributed by atoms with Gasteiger partial charge in [0, 0.05) is 21.6 Å². The minimum Gasteiger partial charge on any atom is -0.359 e. The molecule has 0 bridgehead atoms. The number of benzene rings is 2. The number of para-hydroxylation sites is 1. The Morgan fingerprint density at radius 2 is 2.05 bits per heavy atom. The minimum absolute atomic E-state index is 0.334. The van der Waals surface area contributed by atoms with Gasteiger partial charge >= 0.3 is 0 Å². The minimum atomic E-state index is -0.335. The number of anilines is 2. The molecule has 4 aromatic rings. The summed E-state index contributed by atoms with van der Waals surface area (Å²) >= 11 is 3.46. The number of imidazole rings is 1. The molecule has 6 heteroatoms. The van der Waals surface area contributed by atoms with Gasteiger partial charge in [0.2, 0.25) is 5.95 Å². The number of hydrogen-bond acceptors (Lipinski definition) is 2. The Kier molecular flexibility index (Phi) is 2.71. The second kappa shape index (κ2) is 4.60. The summed E-state index contributed by atoms with van der Waals surface area (Å²) in [5.74, 6) is 0.175. The average molecular weight is 345 g/mol. The third kappa shape index (κ3) is 2.08. The maximum atomic E-state index is 13.7. The Labute approximate surface area is 127 Å². The predicted octanol–water partition coefficient (Wildman–Crippen LogP) is 4.69. The van der Waals surface area contributed by atoms with Crippen LogP contribution in [0, 0.1) is 5.82 Å². The van der Waals surface area contributed by atoms with Gasteiger partial charge in [-0.25, -0.2) is 9.37 Å². The summed E-state index contributed by atoms with van der Waals surface area (Å²) in [4.78, 5) is 10.5. The molecule has 0 radical (unpaired) electrons. The summed E-state index contributed by atoms with van der Waals surface area (Å²) in [6, 6.07) is 10.8. The van der Waals surface area contributed by atoms with E-state index in [1.54, 1.807) is 12.1 Å².